The van der Waals surface area contributed by atoms with Crippen LogP contribution < -0.4 is 14.8 Å². The summed E-state index contributed by atoms with van der Waals surface area (Å²) in [5.41, 5.74) is 2.52. The van der Waals surface area contributed by atoms with Gasteiger partial charge < -0.3 is 19.4 Å². The summed E-state index contributed by atoms with van der Waals surface area (Å²) in [7, 11) is 1.54. The molecule has 0 fully saturated rings. The highest BCUT2D eigenvalue weighted by atomic mass is 16.6. The zero-order valence-corrected chi connectivity index (χ0v) is 22.2. The predicted octanol–water partition coefficient (Wildman–Crippen LogP) is 6.26. The van der Waals surface area contributed by atoms with Gasteiger partial charge in [0.25, 0.3) is 11.6 Å². The number of non-ortho nitro benzene ring substituents is 1. The third-order valence-electron chi connectivity index (χ3n) is 6.16. The number of nitro benzene ring substituents is 2. The van der Waals surface area contributed by atoms with Crippen LogP contribution in [0.1, 0.15) is 17.0 Å². The van der Waals surface area contributed by atoms with Crippen molar-refractivity contribution in [2.24, 2.45) is 0 Å². The molecule has 0 aliphatic heterocycles. The summed E-state index contributed by atoms with van der Waals surface area (Å²) in [6.07, 6.45) is 1.52. The molecule has 206 valence electrons. The lowest BCUT2D eigenvalue weighted by atomic mass is 10.1. The number of aryl methyl sites for hydroxylation is 1. The lowest BCUT2D eigenvalue weighted by Crippen LogP contribution is -2.13. The number of ether oxygens (including phenoxy) is 2. The number of amides is 1. The van der Waals surface area contributed by atoms with Crippen molar-refractivity contribution in [2.75, 3.05) is 12.4 Å². The number of anilines is 1. The number of nitrogens with zero attached hydrogens (tertiary/aromatic N) is 4. The first-order chi connectivity index (χ1) is 19.6. The monoisotopic (exact) mass is 553 g/mol. The fourth-order valence-corrected chi connectivity index (χ4v) is 4.15. The van der Waals surface area contributed by atoms with Crippen molar-refractivity contribution in [2.45, 2.75) is 13.8 Å². The van der Waals surface area contributed by atoms with Gasteiger partial charge in [-0.05, 0) is 86.2 Å². The van der Waals surface area contributed by atoms with Crippen molar-refractivity contribution < 1.29 is 24.1 Å². The van der Waals surface area contributed by atoms with Crippen LogP contribution in [0.5, 0.6) is 17.2 Å². The van der Waals surface area contributed by atoms with Crippen molar-refractivity contribution in [3.8, 4) is 29.0 Å². The van der Waals surface area contributed by atoms with E-state index in [0.717, 1.165) is 29.2 Å². The molecule has 1 amide bonds. The van der Waals surface area contributed by atoms with Gasteiger partial charge in [-0.25, -0.2) is 0 Å². The van der Waals surface area contributed by atoms with Crippen LogP contribution in [0.4, 0.5) is 17.1 Å². The summed E-state index contributed by atoms with van der Waals surface area (Å²) in [4.78, 5) is 33.7. The second-order valence-corrected chi connectivity index (χ2v) is 8.78. The lowest BCUT2D eigenvalue weighted by Gasteiger charge is -2.11. The highest BCUT2D eigenvalue weighted by molar-refractivity contribution is 6.09. The number of nitrogens with one attached hydrogen (secondary N) is 1. The topological polar surface area (TPSA) is 163 Å². The third kappa shape index (κ3) is 6.21. The van der Waals surface area contributed by atoms with Crippen LogP contribution in [-0.4, -0.2) is 27.4 Å². The molecule has 0 saturated carbocycles. The van der Waals surface area contributed by atoms with Gasteiger partial charge in [0, 0.05) is 28.8 Å². The molecule has 0 aliphatic rings. The van der Waals surface area contributed by atoms with Gasteiger partial charge in [-0.2, -0.15) is 5.26 Å². The second-order valence-electron chi connectivity index (χ2n) is 8.78. The quantitative estimate of drug-likeness (QED) is 0.110. The zero-order valence-electron chi connectivity index (χ0n) is 22.2. The largest absolute Gasteiger partial charge is 0.497 e. The molecule has 4 aromatic rings. The molecule has 0 unspecified atom stereocenters. The average molecular weight is 554 g/mol. The van der Waals surface area contributed by atoms with E-state index in [9.17, 15) is 30.3 Å². The van der Waals surface area contributed by atoms with Gasteiger partial charge in [0.1, 0.15) is 23.1 Å². The smallest absolute Gasteiger partial charge is 0.318 e. The van der Waals surface area contributed by atoms with E-state index in [0.29, 0.717) is 17.0 Å². The molecule has 3 aromatic carbocycles. The van der Waals surface area contributed by atoms with E-state index in [1.807, 2.05) is 30.6 Å². The number of carbonyl (C=O) groups is 1. The molecular weight excluding hydrogens is 530 g/mol. The van der Waals surface area contributed by atoms with Crippen LogP contribution in [0, 0.1) is 45.4 Å². The fraction of sp³-hybridized carbons (Fsp3) is 0.103. The maximum Gasteiger partial charge on any atom is 0.318 e. The number of carbonyl (C=O) groups excluding carboxylic acids is 1. The SMILES string of the molecule is COc1ccc(NC(=O)/C(C#N)=C/c2cc(C)n(-c3ccc(Oc4ccc([N+](=O)[O-])cc4[N+](=O)[O-])cc3)c2C)cc1. The van der Waals surface area contributed by atoms with Crippen molar-refractivity contribution >= 4 is 29.0 Å². The van der Waals surface area contributed by atoms with Gasteiger partial charge in [-0.3, -0.25) is 25.0 Å². The fourth-order valence-electron chi connectivity index (χ4n) is 4.15. The highest BCUT2D eigenvalue weighted by Gasteiger charge is 2.21. The lowest BCUT2D eigenvalue weighted by molar-refractivity contribution is -0.394. The summed E-state index contributed by atoms with van der Waals surface area (Å²) in [6, 6.07) is 20.4. The molecule has 0 bridgehead atoms. The molecule has 0 aliphatic carbocycles. The number of rotatable bonds is 9. The summed E-state index contributed by atoms with van der Waals surface area (Å²) in [5.74, 6) is 0.240. The Hall–Kier alpha value is -5.96. The first-order valence-electron chi connectivity index (χ1n) is 12.1. The van der Waals surface area contributed by atoms with Crippen LogP contribution in [0.3, 0.4) is 0 Å². The van der Waals surface area contributed by atoms with Gasteiger partial charge in [-0.1, -0.05) is 0 Å². The number of nitro groups is 2. The van der Waals surface area contributed by atoms with Crippen LogP contribution in [-0.2, 0) is 4.79 Å². The number of benzene rings is 3. The van der Waals surface area contributed by atoms with Gasteiger partial charge >= 0.3 is 5.69 Å². The van der Waals surface area contributed by atoms with Crippen molar-refractivity contribution in [3.63, 3.8) is 0 Å². The van der Waals surface area contributed by atoms with Crippen LogP contribution in [0.25, 0.3) is 11.8 Å². The van der Waals surface area contributed by atoms with E-state index in [4.69, 9.17) is 9.47 Å². The number of nitriles is 1. The Balaban J connectivity index is 1.56. The summed E-state index contributed by atoms with van der Waals surface area (Å²) in [6.45, 7) is 3.72. The van der Waals surface area contributed by atoms with Crippen molar-refractivity contribution in [3.05, 3.63) is 116 Å². The van der Waals surface area contributed by atoms with Gasteiger partial charge in [-0.15, -0.1) is 0 Å². The number of hydrogen-bond donors (Lipinski definition) is 1. The van der Waals surface area contributed by atoms with Gasteiger partial charge in [0.05, 0.1) is 23.0 Å². The molecule has 12 heteroatoms. The summed E-state index contributed by atoms with van der Waals surface area (Å²) in [5, 5.41) is 34.7. The Kier molecular flexibility index (Phi) is 8.10. The van der Waals surface area contributed by atoms with Gasteiger partial charge in [0.2, 0.25) is 5.75 Å². The molecule has 12 nitrogen and oxygen atoms in total. The van der Waals surface area contributed by atoms with Crippen LogP contribution >= 0.6 is 0 Å². The average Bonchev–Trinajstić information content (AvgIpc) is 3.24. The molecule has 4 rings (SSSR count). The third-order valence-corrected chi connectivity index (χ3v) is 6.16. The molecule has 1 N–H and O–H groups in total. The zero-order chi connectivity index (χ0) is 29.7. The van der Waals surface area contributed by atoms with E-state index in [1.165, 1.54) is 12.1 Å². The Morgan fingerprint density at radius 3 is 2.20 bits per heavy atom. The summed E-state index contributed by atoms with van der Waals surface area (Å²) >= 11 is 0. The van der Waals surface area contributed by atoms with E-state index in [-0.39, 0.29) is 17.1 Å². The van der Waals surface area contributed by atoms with E-state index in [2.05, 4.69) is 5.32 Å². The molecule has 0 spiro atoms. The minimum Gasteiger partial charge on any atom is -0.497 e. The Bertz CT molecular complexity index is 1720. The molecule has 1 aromatic heterocycles. The van der Waals surface area contributed by atoms with Gasteiger partial charge in [0.15, 0.2) is 0 Å². The molecule has 0 saturated heterocycles. The highest BCUT2D eigenvalue weighted by Crippen LogP contribution is 2.35. The minimum absolute atomic E-state index is 0.0745. The Morgan fingerprint density at radius 1 is 0.951 bits per heavy atom. The van der Waals surface area contributed by atoms with Crippen LogP contribution in [0.15, 0.2) is 78.4 Å². The number of aromatic nitrogens is 1. The maximum absolute atomic E-state index is 12.8. The molecular formula is C29H23N5O7. The van der Waals surface area contributed by atoms with Crippen molar-refractivity contribution in [1.82, 2.24) is 4.57 Å². The molecule has 0 radical (unpaired) electrons. The first-order valence-corrected chi connectivity index (χ1v) is 12.1. The normalized spacial score (nSPS) is 10.9. The Morgan fingerprint density at radius 2 is 1.61 bits per heavy atom. The molecule has 1 heterocycles. The first kappa shape index (κ1) is 28.1. The second kappa shape index (κ2) is 11.8. The van der Waals surface area contributed by atoms with E-state index in [1.54, 1.807) is 55.6 Å². The summed E-state index contributed by atoms with van der Waals surface area (Å²) < 4.78 is 12.7. The number of methoxy groups -OCH3 is 1. The predicted molar refractivity (Wildman–Crippen MR) is 150 cm³/mol. The molecule has 41 heavy (non-hydrogen) atoms. The minimum atomic E-state index is -0.745. The number of hydrogen-bond acceptors (Lipinski definition) is 8. The molecule has 0 atom stereocenters. The Labute approximate surface area is 234 Å². The van der Waals surface area contributed by atoms with E-state index < -0.39 is 27.1 Å². The standard InChI is InChI=1S/C29H23N5O7/c1-18-14-20(15-21(17-30)29(35)31-22-4-9-25(40-3)10-5-22)19(2)32(18)23-6-11-26(12-7-23)41-28-13-8-24(33(36)37)16-27(28)34(38)39/h4-16H,1-3H3,(H,31,35)/b21-15+. The van der Waals surface area contributed by atoms with Crippen molar-refractivity contribution in [1.29, 1.82) is 5.26 Å². The van der Waals surface area contributed by atoms with E-state index >= 15 is 0 Å². The maximum atomic E-state index is 12.8. The van der Waals surface area contributed by atoms with Crippen LogP contribution in [0.2, 0.25) is 0 Å².